The fraction of sp³-hybridized carbons (Fsp3) is 0. The molecule has 0 spiro atoms. The highest BCUT2D eigenvalue weighted by molar-refractivity contribution is 7.25. The number of hydrogen-bond donors (Lipinski definition) is 0. The second-order valence-corrected chi connectivity index (χ2v) is 15.3. The first-order chi connectivity index (χ1) is 27.7. The Bertz CT molecular complexity index is 3220. The molecule has 3 heterocycles. The largest absolute Gasteiger partial charge is 0.309 e. The molecule has 0 amide bonds. The molecule has 0 bridgehead atoms. The van der Waals surface area contributed by atoms with Crippen molar-refractivity contribution >= 4 is 53.3 Å². The van der Waals surface area contributed by atoms with E-state index in [2.05, 4.69) is 193 Å². The van der Waals surface area contributed by atoms with E-state index in [1.54, 1.807) is 0 Å². The van der Waals surface area contributed by atoms with E-state index in [4.69, 9.17) is 9.97 Å². The molecule has 0 radical (unpaired) electrons. The normalized spacial score (nSPS) is 11.6. The molecule has 3 aromatic heterocycles. The maximum absolute atomic E-state index is 5.15. The molecular weight excluding hydrogens is 699 g/mol. The minimum absolute atomic E-state index is 0.705. The van der Waals surface area contributed by atoms with Gasteiger partial charge in [0.2, 0.25) is 0 Å². The van der Waals surface area contributed by atoms with Gasteiger partial charge in [-0.05, 0) is 64.7 Å². The topological polar surface area (TPSA) is 30.7 Å². The van der Waals surface area contributed by atoms with E-state index in [1.165, 1.54) is 64.4 Å². The van der Waals surface area contributed by atoms with Crippen LogP contribution in [0.15, 0.2) is 200 Å². The van der Waals surface area contributed by atoms with Gasteiger partial charge in [0, 0.05) is 53.3 Å². The number of para-hydroxylation sites is 1. The van der Waals surface area contributed by atoms with Crippen molar-refractivity contribution in [2.24, 2.45) is 0 Å². The Hall–Kier alpha value is -7.14. The van der Waals surface area contributed by atoms with E-state index in [9.17, 15) is 0 Å². The quantitative estimate of drug-likeness (QED) is 0.170. The number of rotatable bonds is 6. The molecule has 56 heavy (non-hydrogen) atoms. The van der Waals surface area contributed by atoms with Gasteiger partial charge in [-0.15, -0.1) is 11.3 Å². The SMILES string of the molecule is c1ccc(-c2ccc(-c3nc(-c4ccccc4)cc(-c4ccc(-c5cccc6c5c5ccccc5n6-c5ccc6sc7ccccc7c6c5)cc4)n3)cc2)cc1. The highest BCUT2D eigenvalue weighted by atomic mass is 32.1. The number of hydrogen-bond acceptors (Lipinski definition) is 3. The van der Waals surface area contributed by atoms with Crippen LogP contribution in [0.4, 0.5) is 0 Å². The van der Waals surface area contributed by atoms with Crippen LogP contribution in [0.3, 0.4) is 0 Å². The third-order valence-corrected chi connectivity index (χ3v) is 12.0. The van der Waals surface area contributed by atoms with Crippen LogP contribution in [0.25, 0.3) is 104 Å². The van der Waals surface area contributed by atoms with Gasteiger partial charge in [0.05, 0.1) is 22.4 Å². The first-order valence-electron chi connectivity index (χ1n) is 18.9. The van der Waals surface area contributed by atoms with Crippen molar-refractivity contribution in [3.05, 3.63) is 200 Å². The molecule has 0 aliphatic carbocycles. The Balaban J connectivity index is 1.01. The summed E-state index contributed by atoms with van der Waals surface area (Å²) in [6.45, 7) is 0. The van der Waals surface area contributed by atoms with Gasteiger partial charge in [-0.2, -0.15) is 0 Å². The molecule has 4 heteroatoms. The Labute approximate surface area is 328 Å². The fourth-order valence-corrected chi connectivity index (χ4v) is 9.22. The van der Waals surface area contributed by atoms with E-state index in [-0.39, 0.29) is 0 Å². The van der Waals surface area contributed by atoms with Crippen molar-refractivity contribution in [3.8, 4) is 61.8 Å². The average Bonchev–Trinajstić information content (AvgIpc) is 3.82. The molecule has 0 atom stereocenters. The molecule has 0 N–H and O–H groups in total. The Morgan fingerprint density at radius 1 is 0.357 bits per heavy atom. The Kier molecular flexibility index (Phi) is 7.68. The third kappa shape index (κ3) is 5.50. The van der Waals surface area contributed by atoms with Gasteiger partial charge in [0.25, 0.3) is 0 Å². The van der Waals surface area contributed by atoms with E-state index >= 15 is 0 Å². The predicted octanol–water partition coefficient (Wildman–Crippen LogP) is 14.3. The molecule has 0 unspecified atom stereocenters. The zero-order valence-corrected chi connectivity index (χ0v) is 31.1. The highest BCUT2D eigenvalue weighted by Crippen LogP contribution is 2.41. The smallest absolute Gasteiger partial charge is 0.160 e. The van der Waals surface area contributed by atoms with Crippen LogP contribution in [0.5, 0.6) is 0 Å². The van der Waals surface area contributed by atoms with Gasteiger partial charge in [0.15, 0.2) is 5.82 Å². The lowest BCUT2D eigenvalue weighted by Crippen LogP contribution is -1.96. The zero-order chi connectivity index (χ0) is 37.0. The molecule has 11 aromatic rings. The second kappa shape index (κ2) is 13.3. The van der Waals surface area contributed by atoms with Crippen molar-refractivity contribution in [1.82, 2.24) is 14.5 Å². The predicted molar refractivity (Wildman–Crippen MR) is 236 cm³/mol. The zero-order valence-electron chi connectivity index (χ0n) is 30.3. The first kappa shape index (κ1) is 32.3. The van der Waals surface area contributed by atoms with Gasteiger partial charge in [-0.3, -0.25) is 0 Å². The van der Waals surface area contributed by atoms with E-state index in [0.717, 1.165) is 33.6 Å². The molecule has 0 fully saturated rings. The van der Waals surface area contributed by atoms with Gasteiger partial charge in [-0.1, -0.05) is 158 Å². The minimum Gasteiger partial charge on any atom is -0.309 e. The summed E-state index contributed by atoms with van der Waals surface area (Å²) in [5, 5.41) is 5.10. The molecule has 11 rings (SSSR count). The molecule has 0 saturated carbocycles. The molecule has 0 aliphatic rings. The van der Waals surface area contributed by atoms with Crippen molar-refractivity contribution in [1.29, 1.82) is 0 Å². The fourth-order valence-electron chi connectivity index (χ4n) is 8.14. The van der Waals surface area contributed by atoms with Gasteiger partial charge >= 0.3 is 0 Å². The number of nitrogens with zero attached hydrogens (tertiary/aromatic N) is 3. The monoisotopic (exact) mass is 731 g/mol. The Morgan fingerprint density at radius 3 is 1.68 bits per heavy atom. The minimum atomic E-state index is 0.705. The molecule has 3 nitrogen and oxygen atoms in total. The maximum atomic E-state index is 5.15. The van der Waals surface area contributed by atoms with Crippen LogP contribution in [0, 0.1) is 0 Å². The number of fused-ring (bicyclic) bond motifs is 6. The van der Waals surface area contributed by atoms with Crippen molar-refractivity contribution in [3.63, 3.8) is 0 Å². The van der Waals surface area contributed by atoms with Crippen LogP contribution < -0.4 is 0 Å². The molecule has 0 saturated heterocycles. The van der Waals surface area contributed by atoms with Crippen LogP contribution in [0.1, 0.15) is 0 Å². The van der Waals surface area contributed by atoms with Crippen molar-refractivity contribution in [2.75, 3.05) is 0 Å². The third-order valence-electron chi connectivity index (χ3n) is 10.9. The Morgan fingerprint density at radius 2 is 0.911 bits per heavy atom. The van der Waals surface area contributed by atoms with Gasteiger partial charge in [0.1, 0.15) is 0 Å². The lowest BCUT2D eigenvalue weighted by Gasteiger charge is -2.11. The standard InChI is InChI=1S/C52H33N3S/c1-3-12-34(13-4-1)35-22-28-39(29-23-35)52-53-45(37-14-5-2-6-15-37)33-46(54-52)38-26-24-36(25-27-38)41-18-11-20-48-51(41)43-17-7-9-19-47(43)55(48)40-30-31-50-44(32-40)42-16-8-10-21-49(42)56-50/h1-33H. The summed E-state index contributed by atoms with van der Waals surface area (Å²) in [6.07, 6.45) is 0. The van der Waals surface area contributed by atoms with Crippen LogP contribution in [-0.2, 0) is 0 Å². The average molecular weight is 732 g/mol. The second-order valence-electron chi connectivity index (χ2n) is 14.2. The summed E-state index contributed by atoms with van der Waals surface area (Å²) in [6, 6.07) is 71.4. The lowest BCUT2D eigenvalue weighted by molar-refractivity contribution is 1.18. The van der Waals surface area contributed by atoms with E-state index in [0.29, 0.717) is 5.82 Å². The van der Waals surface area contributed by atoms with E-state index in [1.807, 2.05) is 23.5 Å². The van der Waals surface area contributed by atoms with E-state index < -0.39 is 0 Å². The van der Waals surface area contributed by atoms with Crippen molar-refractivity contribution in [2.45, 2.75) is 0 Å². The highest BCUT2D eigenvalue weighted by Gasteiger charge is 2.18. The summed E-state index contributed by atoms with van der Waals surface area (Å²) in [5.41, 5.74) is 13.2. The summed E-state index contributed by atoms with van der Waals surface area (Å²) in [5.74, 6) is 0.705. The first-order valence-corrected chi connectivity index (χ1v) is 19.7. The maximum Gasteiger partial charge on any atom is 0.160 e. The van der Waals surface area contributed by atoms with Crippen LogP contribution in [-0.4, -0.2) is 14.5 Å². The summed E-state index contributed by atoms with van der Waals surface area (Å²) in [4.78, 5) is 10.2. The van der Waals surface area contributed by atoms with Gasteiger partial charge in [-0.25, -0.2) is 9.97 Å². The molecule has 8 aromatic carbocycles. The van der Waals surface area contributed by atoms with Gasteiger partial charge < -0.3 is 4.57 Å². The molecular formula is C52H33N3S. The lowest BCUT2D eigenvalue weighted by atomic mass is 9.97. The number of aromatic nitrogens is 3. The number of benzene rings is 8. The van der Waals surface area contributed by atoms with Crippen LogP contribution in [0.2, 0.25) is 0 Å². The summed E-state index contributed by atoms with van der Waals surface area (Å²) >= 11 is 1.86. The molecule has 262 valence electrons. The molecule has 0 aliphatic heterocycles. The summed E-state index contributed by atoms with van der Waals surface area (Å²) < 4.78 is 5.05. The summed E-state index contributed by atoms with van der Waals surface area (Å²) in [7, 11) is 0. The van der Waals surface area contributed by atoms with Crippen molar-refractivity contribution < 1.29 is 0 Å². The van der Waals surface area contributed by atoms with Crippen LogP contribution >= 0.6 is 11.3 Å². The number of thiophene rings is 1.